The summed E-state index contributed by atoms with van der Waals surface area (Å²) in [5, 5.41) is 12.8. The molecule has 0 radical (unpaired) electrons. The van der Waals surface area contributed by atoms with Gasteiger partial charge in [0.15, 0.2) is 0 Å². The van der Waals surface area contributed by atoms with Gasteiger partial charge >= 0.3 is 0 Å². The number of aliphatic hydroxyl groups excluding tert-OH is 1. The quantitative estimate of drug-likeness (QED) is 0.880. The van der Waals surface area contributed by atoms with Crippen LogP contribution in [0.5, 0.6) is 0 Å². The zero-order valence-corrected chi connectivity index (χ0v) is 11.4. The lowest BCUT2D eigenvalue weighted by Gasteiger charge is -2.32. The number of halogens is 2. The average Bonchev–Trinajstić information content (AvgIpc) is 2.74. The molecule has 1 aromatic carbocycles. The van der Waals surface area contributed by atoms with Crippen LogP contribution in [0.2, 0.25) is 0 Å². The van der Waals surface area contributed by atoms with Crippen LogP contribution in [0.25, 0.3) is 0 Å². The van der Waals surface area contributed by atoms with Crippen LogP contribution >= 0.6 is 0 Å². The highest BCUT2D eigenvalue weighted by molar-refractivity contribution is 5.22. The van der Waals surface area contributed by atoms with E-state index in [1.165, 1.54) is 6.07 Å². The van der Waals surface area contributed by atoms with Gasteiger partial charge in [-0.1, -0.05) is 13.3 Å². The van der Waals surface area contributed by atoms with Crippen molar-refractivity contribution in [1.29, 1.82) is 0 Å². The highest BCUT2D eigenvalue weighted by atomic mass is 19.1. The number of rotatable bonds is 4. The van der Waals surface area contributed by atoms with Gasteiger partial charge in [0.1, 0.15) is 11.6 Å². The molecule has 1 aliphatic carbocycles. The number of benzene rings is 1. The van der Waals surface area contributed by atoms with E-state index in [1.54, 1.807) is 0 Å². The van der Waals surface area contributed by atoms with Crippen LogP contribution in [0.3, 0.4) is 0 Å². The topological polar surface area (TPSA) is 32.3 Å². The van der Waals surface area contributed by atoms with Gasteiger partial charge < -0.3 is 10.4 Å². The van der Waals surface area contributed by atoms with Crippen LogP contribution < -0.4 is 5.32 Å². The normalized spacial score (nSPS) is 28.6. The molecule has 0 saturated heterocycles. The minimum Gasteiger partial charge on any atom is -0.396 e. The zero-order chi connectivity index (χ0) is 14.0. The molecule has 1 aromatic rings. The molecular formula is C15H21F2NO. The van der Waals surface area contributed by atoms with Crippen molar-refractivity contribution in [2.45, 2.75) is 45.2 Å². The second-order valence-corrected chi connectivity index (χ2v) is 5.81. The maximum absolute atomic E-state index is 13.7. The van der Waals surface area contributed by atoms with Crippen molar-refractivity contribution < 1.29 is 13.9 Å². The minimum atomic E-state index is -0.429. The van der Waals surface area contributed by atoms with Crippen molar-refractivity contribution >= 4 is 0 Å². The van der Waals surface area contributed by atoms with E-state index in [0.29, 0.717) is 5.56 Å². The summed E-state index contributed by atoms with van der Waals surface area (Å²) in [6.07, 6.45) is 2.96. The Morgan fingerprint density at radius 3 is 2.89 bits per heavy atom. The summed E-state index contributed by atoms with van der Waals surface area (Å²) in [5.41, 5.74) is 0.171. The first-order valence-corrected chi connectivity index (χ1v) is 6.78. The molecule has 2 N–H and O–H groups in total. The predicted octanol–water partition coefficient (Wildman–Crippen LogP) is 3.17. The van der Waals surface area contributed by atoms with Gasteiger partial charge in [-0.05, 0) is 38.0 Å². The molecule has 3 unspecified atom stereocenters. The van der Waals surface area contributed by atoms with Crippen molar-refractivity contribution in [2.75, 3.05) is 6.61 Å². The van der Waals surface area contributed by atoms with Crippen molar-refractivity contribution in [1.82, 2.24) is 5.32 Å². The minimum absolute atomic E-state index is 0.114. The van der Waals surface area contributed by atoms with Gasteiger partial charge in [0.25, 0.3) is 0 Å². The van der Waals surface area contributed by atoms with E-state index in [1.807, 2.05) is 13.8 Å². The predicted molar refractivity (Wildman–Crippen MR) is 70.7 cm³/mol. The highest BCUT2D eigenvalue weighted by Gasteiger charge is 2.38. The van der Waals surface area contributed by atoms with E-state index < -0.39 is 11.6 Å². The molecule has 1 aliphatic rings. The smallest absolute Gasteiger partial charge is 0.128 e. The maximum Gasteiger partial charge on any atom is 0.128 e. The van der Waals surface area contributed by atoms with Crippen LogP contribution in [0.1, 0.15) is 44.7 Å². The van der Waals surface area contributed by atoms with Gasteiger partial charge in [-0.15, -0.1) is 0 Å². The zero-order valence-electron chi connectivity index (χ0n) is 11.4. The largest absolute Gasteiger partial charge is 0.396 e. The van der Waals surface area contributed by atoms with Crippen LogP contribution in [-0.2, 0) is 0 Å². The summed E-state index contributed by atoms with van der Waals surface area (Å²) in [4.78, 5) is 0. The Morgan fingerprint density at radius 1 is 1.47 bits per heavy atom. The fourth-order valence-corrected chi connectivity index (χ4v) is 2.94. The van der Waals surface area contributed by atoms with Crippen molar-refractivity contribution in [3.05, 3.63) is 35.4 Å². The number of hydrogen-bond acceptors (Lipinski definition) is 2. The van der Waals surface area contributed by atoms with E-state index >= 15 is 0 Å². The molecule has 2 rings (SSSR count). The average molecular weight is 269 g/mol. The molecule has 1 saturated carbocycles. The monoisotopic (exact) mass is 269 g/mol. The Bertz CT molecular complexity index is 452. The summed E-state index contributed by atoms with van der Waals surface area (Å²) < 4.78 is 26.9. The third kappa shape index (κ3) is 2.95. The summed E-state index contributed by atoms with van der Waals surface area (Å²) in [6.45, 7) is 3.98. The molecule has 2 nitrogen and oxygen atoms in total. The van der Waals surface area contributed by atoms with E-state index in [9.17, 15) is 13.9 Å². The van der Waals surface area contributed by atoms with Crippen LogP contribution in [0.4, 0.5) is 8.78 Å². The number of nitrogens with one attached hydrogen (secondary N) is 1. The Hall–Kier alpha value is -1.00. The van der Waals surface area contributed by atoms with Crippen LogP contribution in [0, 0.1) is 17.0 Å². The van der Waals surface area contributed by atoms with Crippen molar-refractivity contribution in [3.63, 3.8) is 0 Å². The Labute approximate surface area is 112 Å². The second kappa shape index (κ2) is 5.55. The first kappa shape index (κ1) is 14.4. The SMILES string of the molecule is CC(NC1CCCC1(C)CO)c1cc(F)ccc1F. The molecule has 0 bridgehead atoms. The van der Waals surface area contributed by atoms with Gasteiger partial charge in [0.2, 0.25) is 0 Å². The second-order valence-electron chi connectivity index (χ2n) is 5.81. The molecule has 0 spiro atoms. The Balaban J connectivity index is 2.12. The van der Waals surface area contributed by atoms with Gasteiger partial charge in [-0.25, -0.2) is 8.78 Å². The molecule has 0 aromatic heterocycles. The number of hydrogen-bond donors (Lipinski definition) is 2. The van der Waals surface area contributed by atoms with Gasteiger partial charge in [-0.2, -0.15) is 0 Å². The van der Waals surface area contributed by atoms with Gasteiger partial charge in [0.05, 0.1) is 0 Å². The van der Waals surface area contributed by atoms with Gasteiger partial charge in [-0.3, -0.25) is 0 Å². The third-order valence-corrected chi connectivity index (χ3v) is 4.32. The highest BCUT2D eigenvalue weighted by Crippen LogP contribution is 2.38. The first-order chi connectivity index (χ1) is 8.96. The fraction of sp³-hybridized carbons (Fsp3) is 0.600. The number of aliphatic hydroxyl groups is 1. The van der Waals surface area contributed by atoms with Crippen LogP contribution in [-0.4, -0.2) is 17.8 Å². The molecule has 1 fully saturated rings. The van der Waals surface area contributed by atoms with E-state index in [0.717, 1.165) is 31.4 Å². The lowest BCUT2D eigenvalue weighted by atomic mass is 9.85. The van der Waals surface area contributed by atoms with Crippen molar-refractivity contribution in [2.24, 2.45) is 5.41 Å². The van der Waals surface area contributed by atoms with E-state index in [4.69, 9.17) is 0 Å². The Morgan fingerprint density at radius 2 is 2.21 bits per heavy atom. The standard InChI is InChI=1S/C15H21F2NO/c1-10(12-8-11(16)5-6-13(12)17)18-14-4-3-7-15(14,2)9-19/h5-6,8,10,14,18-19H,3-4,7,9H2,1-2H3. The summed E-state index contributed by atoms with van der Waals surface area (Å²) >= 11 is 0. The van der Waals surface area contributed by atoms with E-state index in [-0.39, 0.29) is 24.1 Å². The molecular weight excluding hydrogens is 248 g/mol. The molecule has 106 valence electrons. The first-order valence-electron chi connectivity index (χ1n) is 6.78. The summed E-state index contributed by atoms with van der Waals surface area (Å²) in [7, 11) is 0. The Kier molecular flexibility index (Phi) is 4.21. The summed E-state index contributed by atoms with van der Waals surface area (Å²) in [5.74, 6) is -0.827. The van der Waals surface area contributed by atoms with Crippen molar-refractivity contribution in [3.8, 4) is 0 Å². The lowest BCUT2D eigenvalue weighted by Crippen LogP contribution is -2.43. The van der Waals surface area contributed by atoms with E-state index in [2.05, 4.69) is 5.32 Å². The van der Waals surface area contributed by atoms with Crippen LogP contribution in [0.15, 0.2) is 18.2 Å². The lowest BCUT2D eigenvalue weighted by molar-refractivity contribution is 0.114. The summed E-state index contributed by atoms with van der Waals surface area (Å²) in [6, 6.07) is 3.37. The molecule has 19 heavy (non-hydrogen) atoms. The molecule has 0 aliphatic heterocycles. The maximum atomic E-state index is 13.7. The molecule has 3 atom stereocenters. The molecule has 0 heterocycles. The van der Waals surface area contributed by atoms with Gasteiger partial charge in [0, 0.05) is 29.7 Å². The molecule has 0 amide bonds. The molecule has 4 heteroatoms. The fourth-order valence-electron chi connectivity index (χ4n) is 2.94. The third-order valence-electron chi connectivity index (χ3n) is 4.32.